The Kier molecular flexibility index (Phi) is 5.59. The third-order valence-corrected chi connectivity index (χ3v) is 2.27. The van der Waals surface area contributed by atoms with Gasteiger partial charge in [0.1, 0.15) is 0 Å². The van der Waals surface area contributed by atoms with Crippen molar-refractivity contribution < 1.29 is 64.3 Å². The van der Waals surface area contributed by atoms with Gasteiger partial charge in [0.25, 0.3) is 0 Å². The molecule has 62 valence electrons. The Morgan fingerprint density at radius 2 is 2.08 bits per heavy atom. The van der Waals surface area contributed by atoms with E-state index in [1.54, 1.807) is 6.92 Å². The summed E-state index contributed by atoms with van der Waals surface area (Å²) in [6.45, 7) is -3.18. The maximum atomic E-state index is 12.1. The van der Waals surface area contributed by atoms with Gasteiger partial charge >= 0.3 is 58.4 Å². The molecule has 0 saturated heterocycles. The van der Waals surface area contributed by atoms with Crippen molar-refractivity contribution in [1.82, 2.24) is 4.98 Å². The molecule has 0 radical (unpaired) electrons. The smallest absolute Gasteiger partial charge is 0.444 e. The fourth-order valence-corrected chi connectivity index (χ4v) is 1.59. The monoisotopic (exact) mass is 219 g/mol. The molecule has 0 spiro atoms. The van der Waals surface area contributed by atoms with Crippen LogP contribution in [0.4, 0.5) is 12.9 Å². The molecule has 0 N–H and O–H groups in total. The van der Waals surface area contributed by atoms with E-state index in [9.17, 15) is 12.9 Å². The zero-order valence-electron chi connectivity index (χ0n) is 6.85. The normalized spacial score (nSPS) is 11.0. The molecule has 1 aromatic rings. The van der Waals surface area contributed by atoms with Crippen LogP contribution in [0, 0.1) is 0 Å². The third kappa shape index (κ3) is 3.12. The van der Waals surface area contributed by atoms with Crippen LogP contribution in [0.3, 0.4) is 0 Å². The molecule has 0 aliphatic carbocycles. The predicted octanol–water partition coefficient (Wildman–Crippen LogP) is -1.24. The Bertz CT molecular complexity index is 249. The summed E-state index contributed by atoms with van der Waals surface area (Å²) in [6, 6.07) is 0. The van der Waals surface area contributed by atoms with Crippen LogP contribution in [0.5, 0.6) is 0 Å². The molecule has 0 saturated carbocycles. The standard InChI is InChI=1S/C5H6BF3NS.K/c1-2-4-5(6(7,8)9)11-3-10-4;/h3H,2H2,1H3;/q-1;+1. The van der Waals surface area contributed by atoms with Gasteiger partial charge in [-0.3, -0.25) is 4.98 Å². The maximum Gasteiger partial charge on any atom is 1.00 e. The zero-order valence-corrected chi connectivity index (χ0v) is 10.8. The Balaban J connectivity index is 0.00000121. The minimum atomic E-state index is -4.84. The van der Waals surface area contributed by atoms with E-state index in [0.717, 1.165) is 0 Å². The molecule has 12 heavy (non-hydrogen) atoms. The number of nitrogens with zero attached hydrogens (tertiary/aromatic N) is 1. The second-order valence-corrected chi connectivity index (χ2v) is 2.98. The molecular formula is C5H6BF3KNS. The molecule has 1 aromatic heterocycles. The van der Waals surface area contributed by atoms with E-state index in [2.05, 4.69) is 4.98 Å². The summed E-state index contributed by atoms with van der Waals surface area (Å²) < 4.78 is 35.8. The summed E-state index contributed by atoms with van der Waals surface area (Å²) in [5, 5.41) is 0. The number of aryl methyl sites for hydroxylation is 1. The number of thiazole rings is 1. The molecule has 0 aliphatic rings. The molecule has 0 fully saturated rings. The topological polar surface area (TPSA) is 12.9 Å². The van der Waals surface area contributed by atoms with Gasteiger partial charge in [-0.05, 0) is 11.2 Å². The van der Waals surface area contributed by atoms with Crippen molar-refractivity contribution >= 4 is 23.1 Å². The van der Waals surface area contributed by atoms with Gasteiger partial charge < -0.3 is 12.9 Å². The van der Waals surface area contributed by atoms with E-state index in [4.69, 9.17) is 0 Å². The summed E-state index contributed by atoms with van der Waals surface area (Å²) in [5.74, 6) is 0. The van der Waals surface area contributed by atoms with Crippen molar-refractivity contribution in [2.45, 2.75) is 13.3 Å². The van der Waals surface area contributed by atoms with Crippen LogP contribution < -0.4 is 56.2 Å². The molecule has 0 bridgehead atoms. The van der Waals surface area contributed by atoms with Crippen LogP contribution in [-0.2, 0) is 6.42 Å². The van der Waals surface area contributed by atoms with Gasteiger partial charge in [0.05, 0.1) is 5.51 Å². The predicted molar refractivity (Wildman–Crippen MR) is 40.2 cm³/mol. The molecule has 0 atom stereocenters. The van der Waals surface area contributed by atoms with Crippen LogP contribution in [-0.4, -0.2) is 12.0 Å². The van der Waals surface area contributed by atoms with Gasteiger partial charge in [-0.2, -0.15) is 11.3 Å². The maximum absolute atomic E-state index is 12.1. The fraction of sp³-hybridized carbons (Fsp3) is 0.400. The Hall–Kier alpha value is 1.12. The van der Waals surface area contributed by atoms with Gasteiger partial charge in [0.2, 0.25) is 0 Å². The molecule has 0 amide bonds. The van der Waals surface area contributed by atoms with Crippen molar-refractivity contribution in [1.29, 1.82) is 0 Å². The average molecular weight is 219 g/mol. The van der Waals surface area contributed by atoms with E-state index < -0.39 is 11.8 Å². The van der Waals surface area contributed by atoms with Crippen LogP contribution in [0.15, 0.2) is 5.51 Å². The van der Waals surface area contributed by atoms with Crippen molar-refractivity contribution in [3.8, 4) is 0 Å². The third-order valence-electron chi connectivity index (χ3n) is 1.30. The minimum Gasteiger partial charge on any atom is -0.444 e. The summed E-state index contributed by atoms with van der Waals surface area (Å²) in [6.07, 6.45) is 0.347. The van der Waals surface area contributed by atoms with Crippen molar-refractivity contribution in [2.75, 3.05) is 0 Å². The molecule has 0 aromatic carbocycles. The van der Waals surface area contributed by atoms with Crippen LogP contribution >= 0.6 is 11.3 Å². The first-order valence-corrected chi connectivity index (χ1v) is 4.06. The van der Waals surface area contributed by atoms with E-state index in [1.807, 2.05) is 0 Å². The first kappa shape index (κ1) is 13.1. The second kappa shape index (κ2) is 5.11. The minimum absolute atomic E-state index is 0. The summed E-state index contributed by atoms with van der Waals surface area (Å²) in [5.41, 5.74) is 1.41. The van der Waals surface area contributed by atoms with Crippen molar-refractivity contribution in [3.05, 3.63) is 11.2 Å². The zero-order chi connectivity index (χ0) is 8.48. The number of aromatic nitrogens is 1. The summed E-state index contributed by atoms with van der Waals surface area (Å²) in [7, 11) is 0. The molecular weight excluding hydrogens is 213 g/mol. The molecule has 1 nitrogen and oxygen atoms in total. The number of halogens is 3. The van der Waals surface area contributed by atoms with Gasteiger partial charge in [-0.1, -0.05) is 6.92 Å². The second-order valence-electron chi connectivity index (χ2n) is 2.09. The summed E-state index contributed by atoms with van der Waals surface area (Å²) in [4.78, 5) is 3.62. The van der Waals surface area contributed by atoms with E-state index in [1.165, 1.54) is 5.51 Å². The first-order chi connectivity index (χ1) is 5.05. The Morgan fingerprint density at radius 3 is 2.42 bits per heavy atom. The number of hydrogen-bond acceptors (Lipinski definition) is 2. The van der Waals surface area contributed by atoms with Gasteiger partial charge in [-0.25, -0.2) is 0 Å². The van der Waals surface area contributed by atoms with Crippen molar-refractivity contribution in [3.63, 3.8) is 0 Å². The Labute approximate surface area is 115 Å². The average Bonchev–Trinajstić information content (AvgIpc) is 2.31. The van der Waals surface area contributed by atoms with Crippen LogP contribution in [0.1, 0.15) is 12.6 Å². The van der Waals surface area contributed by atoms with Gasteiger partial charge in [0.15, 0.2) is 0 Å². The SMILES string of the molecule is CCc1ncsc1[B-](F)(F)F.[K+]. The molecule has 7 heteroatoms. The van der Waals surface area contributed by atoms with E-state index in [0.29, 0.717) is 17.8 Å². The quantitative estimate of drug-likeness (QED) is 0.567. The number of hydrogen-bond donors (Lipinski definition) is 0. The van der Waals surface area contributed by atoms with Crippen molar-refractivity contribution in [2.24, 2.45) is 0 Å². The van der Waals surface area contributed by atoms with E-state index in [-0.39, 0.29) is 57.1 Å². The fourth-order valence-electron chi connectivity index (χ4n) is 0.810. The number of rotatable bonds is 2. The Morgan fingerprint density at radius 1 is 1.50 bits per heavy atom. The molecule has 0 unspecified atom stereocenters. The van der Waals surface area contributed by atoms with Crippen LogP contribution in [0.2, 0.25) is 0 Å². The summed E-state index contributed by atoms with van der Waals surface area (Å²) >= 11 is 0.673. The van der Waals surface area contributed by atoms with Gasteiger partial charge in [0, 0.05) is 5.69 Å². The van der Waals surface area contributed by atoms with Gasteiger partial charge in [-0.15, -0.1) is 0 Å². The first-order valence-electron chi connectivity index (χ1n) is 3.18. The molecule has 1 rings (SSSR count). The van der Waals surface area contributed by atoms with E-state index >= 15 is 0 Å². The van der Waals surface area contributed by atoms with Crippen LogP contribution in [0.25, 0.3) is 0 Å². The molecule has 0 aliphatic heterocycles. The largest absolute Gasteiger partial charge is 1.00 e. The molecule has 1 heterocycles.